The maximum Gasteiger partial charge on any atom is 0.242 e. The normalized spacial score (nSPS) is 12.4. The van der Waals surface area contributed by atoms with Crippen molar-refractivity contribution in [3.8, 4) is 0 Å². The van der Waals surface area contributed by atoms with Gasteiger partial charge in [0.05, 0.1) is 9.92 Å². The van der Waals surface area contributed by atoms with Crippen molar-refractivity contribution >= 4 is 33.2 Å². The van der Waals surface area contributed by atoms with E-state index >= 15 is 0 Å². The van der Waals surface area contributed by atoms with Gasteiger partial charge in [0.2, 0.25) is 15.9 Å². The largest absolute Gasteiger partial charge is 0.325 e. The minimum Gasteiger partial charge on any atom is -0.325 e. The zero-order chi connectivity index (χ0) is 21.7. The molecule has 3 aromatic rings. The van der Waals surface area contributed by atoms with Crippen LogP contribution < -0.4 is 10.0 Å². The number of nitrogens with one attached hydrogen (secondary N) is 2. The minimum absolute atomic E-state index is 0.0576. The van der Waals surface area contributed by atoms with Crippen LogP contribution in [0.15, 0.2) is 77.7 Å². The predicted molar refractivity (Wildman–Crippen MR) is 111 cm³/mol. The predicted octanol–water partition coefficient (Wildman–Crippen LogP) is 4.15. The Morgan fingerprint density at radius 1 is 0.967 bits per heavy atom. The van der Waals surface area contributed by atoms with Gasteiger partial charge in [0.25, 0.3) is 0 Å². The van der Waals surface area contributed by atoms with E-state index in [2.05, 4.69) is 10.0 Å². The van der Waals surface area contributed by atoms with E-state index in [1.165, 1.54) is 12.1 Å². The summed E-state index contributed by atoms with van der Waals surface area (Å²) in [4.78, 5) is 12.7. The quantitative estimate of drug-likeness (QED) is 0.568. The molecule has 30 heavy (non-hydrogen) atoms. The number of amides is 1. The maximum absolute atomic E-state index is 13.4. The lowest BCUT2D eigenvalue weighted by Crippen LogP contribution is -2.45. The molecule has 3 aromatic carbocycles. The summed E-state index contributed by atoms with van der Waals surface area (Å²) in [6.07, 6.45) is 0.0576. The topological polar surface area (TPSA) is 75.3 Å². The Morgan fingerprint density at radius 3 is 2.27 bits per heavy atom. The highest BCUT2D eigenvalue weighted by molar-refractivity contribution is 7.89. The minimum atomic E-state index is -4.11. The second-order valence-electron chi connectivity index (χ2n) is 6.44. The Kier molecular flexibility index (Phi) is 6.81. The van der Waals surface area contributed by atoms with Crippen LogP contribution in [0, 0.1) is 11.6 Å². The monoisotopic (exact) mass is 450 g/mol. The van der Waals surface area contributed by atoms with E-state index in [1.54, 1.807) is 30.3 Å². The highest BCUT2D eigenvalue weighted by atomic mass is 35.5. The zero-order valence-electron chi connectivity index (χ0n) is 15.5. The summed E-state index contributed by atoms with van der Waals surface area (Å²) in [6.45, 7) is 0. The average Bonchev–Trinajstić information content (AvgIpc) is 2.71. The van der Waals surface area contributed by atoms with Gasteiger partial charge in [-0.25, -0.2) is 17.2 Å². The summed E-state index contributed by atoms with van der Waals surface area (Å²) in [6, 6.07) is 15.5. The molecule has 0 aromatic heterocycles. The first-order valence-corrected chi connectivity index (χ1v) is 10.7. The molecule has 1 atom stereocenters. The van der Waals surface area contributed by atoms with Gasteiger partial charge in [-0.3, -0.25) is 4.79 Å². The number of benzene rings is 3. The van der Waals surface area contributed by atoms with Crippen LogP contribution >= 0.6 is 11.6 Å². The van der Waals surface area contributed by atoms with Gasteiger partial charge in [0.15, 0.2) is 0 Å². The van der Waals surface area contributed by atoms with Crippen LogP contribution in [0.5, 0.6) is 0 Å². The van der Waals surface area contributed by atoms with Gasteiger partial charge >= 0.3 is 0 Å². The molecule has 0 saturated carbocycles. The Morgan fingerprint density at radius 2 is 1.63 bits per heavy atom. The summed E-state index contributed by atoms with van der Waals surface area (Å²) >= 11 is 5.74. The van der Waals surface area contributed by atoms with Crippen LogP contribution in [0.25, 0.3) is 0 Å². The van der Waals surface area contributed by atoms with Crippen LogP contribution in [0.3, 0.4) is 0 Å². The fraction of sp³-hybridized carbons (Fsp3) is 0.0952. The second kappa shape index (κ2) is 9.34. The van der Waals surface area contributed by atoms with Crippen molar-refractivity contribution in [3.63, 3.8) is 0 Å². The van der Waals surface area contributed by atoms with E-state index in [9.17, 15) is 22.0 Å². The van der Waals surface area contributed by atoms with Crippen LogP contribution in [0.4, 0.5) is 14.5 Å². The van der Waals surface area contributed by atoms with E-state index < -0.39 is 33.6 Å². The molecule has 3 rings (SSSR count). The number of rotatable bonds is 7. The smallest absolute Gasteiger partial charge is 0.242 e. The Bertz CT molecular complexity index is 1140. The molecule has 0 aliphatic carbocycles. The molecule has 5 nitrogen and oxygen atoms in total. The number of carbonyl (C=O) groups is 1. The van der Waals surface area contributed by atoms with Crippen molar-refractivity contribution in [3.05, 3.63) is 95.0 Å². The number of sulfonamides is 1. The van der Waals surface area contributed by atoms with E-state index in [1.807, 2.05) is 0 Å². The lowest BCUT2D eigenvalue weighted by Gasteiger charge is -2.19. The Balaban J connectivity index is 1.86. The Hall–Kier alpha value is -2.81. The molecule has 0 saturated heterocycles. The summed E-state index contributed by atoms with van der Waals surface area (Å²) < 4.78 is 54.3. The third-order valence-electron chi connectivity index (χ3n) is 4.21. The van der Waals surface area contributed by atoms with Gasteiger partial charge in [-0.15, -0.1) is 0 Å². The van der Waals surface area contributed by atoms with Crippen molar-refractivity contribution in [2.75, 3.05) is 5.32 Å². The SMILES string of the molecule is O=C(Nc1ccc(F)c(Cl)c1)C(Cc1ccccc1)NS(=O)(=O)c1ccc(F)cc1. The second-order valence-corrected chi connectivity index (χ2v) is 8.56. The third kappa shape index (κ3) is 5.63. The molecule has 0 heterocycles. The number of hydrogen-bond acceptors (Lipinski definition) is 3. The molecule has 0 aliphatic heterocycles. The molecule has 0 aliphatic rings. The third-order valence-corrected chi connectivity index (χ3v) is 5.98. The number of anilines is 1. The first-order valence-electron chi connectivity index (χ1n) is 8.82. The van der Waals surface area contributed by atoms with Gasteiger partial charge in [0, 0.05) is 5.69 Å². The van der Waals surface area contributed by atoms with Crippen molar-refractivity contribution in [2.24, 2.45) is 0 Å². The molecule has 0 radical (unpaired) electrons. The van der Waals surface area contributed by atoms with Crippen LogP contribution in [0.2, 0.25) is 5.02 Å². The molecule has 0 bridgehead atoms. The lowest BCUT2D eigenvalue weighted by atomic mass is 10.1. The first-order chi connectivity index (χ1) is 14.2. The van der Waals surface area contributed by atoms with Gasteiger partial charge < -0.3 is 5.32 Å². The van der Waals surface area contributed by atoms with Gasteiger partial charge in [-0.1, -0.05) is 41.9 Å². The van der Waals surface area contributed by atoms with Crippen LogP contribution in [-0.4, -0.2) is 20.4 Å². The highest BCUT2D eigenvalue weighted by Gasteiger charge is 2.26. The fourth-order valence-electron chi connectivity index (χ4n) is 2.71. The maximum atomic E-state index is 13.4. The molecule has 1 unspecified atom stereocenters. The molecule has 0 fully saturated rings. The molecule has 156 valence electrons. The van der Waals surface area contributed by atoms with Crippen molar-refractivity contribution in [1.29, 1.82) is 0 Å². The van der Waals surface area contributed by atoms with Crippen LogP contribution in [0.1, 0.15) is 5.56 Å². The standard InChI is InChI=1S/C21H17ClF2N2O3S/c22-18-13-16(8-11-19(18)24)25-21(27)20(12-14-4-2-1-3-5-14)26-30(28,29)17-9-6-15(23)7-10-17/h1-11,13,20,26H,12H2,(H,25,27). The van der Waals surface area contributed by atoms with Crippen molar-refractivity contribution in [1.82, 2.24) is 4.72 Å². The van der Waals surface area contributed by atoms with E-state index in [-0.39, 0.29) is 22.0 Å². The highest BCUT2D eigenvalue weighted by Crippen LogP contribution is 2.20. The van der Waals surface area contributed by atoms with E-state index in [4.69, 9.17) is 11.6 Å². The Labute approximate surface area is 177 Å². The fourth-order valence-corrected chi connectivity index (χ4v) is 4.09. The first kappa shape index (κ1) is 21.9. The molecule has 1 amide bonds. The van der Waals surface area contributed by atoms with Crippen molar-refractivity contribution < 1.29 is 22.0 Å². The van der Waals surface area contributed by atoms with Crippen molar-refractivity contribution in [2.45, 2.75) is 17.4 Å². The van der Waals surface area contributed by atoms with Crippen LogP contribution in [-0.2, 0) is 21.2 Å². The van der Waals surface area contributed by atoms with E-state index in [0.29, 0.717) is 0 Å². The zero-order valence-corrected chi connectivity index (χ0v) is 17.1. The summed E-state index contributed by atoms with van der Waals surface area (Å²) in [7, 11) is -4.11. The summed E-state index contributed by atoms with van der Waals surface area (Å²) in [5, 5.41) is 2.36. The number of hydrogen-bond donors (Lipinski definition) is 2. The van der Waals surface area contributed by atoms with E-state index in [0.717, 1.165) is 35.9 Å². The van der Waals surface area contributed by atoms with Gasteiger partial charge in [0.1, 0.15) is 17.7 Å². The molecule has 0 spiro atoms. The number of halogens is 3. The molecule has 2 N–H and O–H groups in total. The number of carbonyl (C=O) groups excluding carboxylic acids is 1. The molecular formula is C21H17ClF2N2O3S. The van der Waals surface area contributed by atoms with Gasteiger partial charge in [-0.2, -0.15) is 4.72 Å². The summed E-state index contributed by atoms with van der Waals surface area (Å²) in [5.41, 5.74) is 0.932. The lowest BCUT2D eigenvalue weighted by molar-refractivity contribution is -0.117. The average molecular weight is 451 g/mol. The molecule has 9 heteroatoms. The molecular weight excluding hydrogens is 434 g/mol. The van der Waals surface area contributed by atoms with Gasteiger partial charge in [-0.05, 0) is 54.4 Å². The summed E-state index contributed by atoms with van der Waals surface area (Å²) in [5.74, 6) is -1.89.